The molecule has 27 heavy (non-hydrogen) atoms. The highest BCUT2D eigenvalue weighted by molar-refractivity contribution is 7.98. The van der Waals surface area contributed by atoms with Crippen LogP contribution in [0.3, 0.4) is 0 Å². The molecule has 0 spiro atoms. The maximum Gasteiger partial charge on any atom is 0.337 e. The predicted molar refractivity (Wildman–Crippen MR) is 101 cm³/mol. The standard InChI is InChI=1S/C18H19N5O3S/c1-26-17(25)11-6-7-12-13(9-11)19-14(20-16(12)24)10-27-18-22-21-15-5-3-2-4-8-23(15)18/h6-7,9H,2-5,8,10H2,1H3,(H,19,20,24). The van der Waals surface area contributed by atoms with Gasteiger partial charge in [0.15, 0.2) is 5.16 Å². The number of methoxy groups -OCH3 is 1. The van der Waals surface area contributed by atoms with Crippen molar-refractivity contribution in [2.45, 2.75) is 43.1 Å². The summed E-state index contributed by atoms with van der Waals surface area (Å²) in [6.07, 6.45) is 4.43. The van der Waals surface area contributed by atoms with Gasteiger partial charge in [-0.2, -0.15) is 0 Å². The minimum absolute atomic E-state index is 0.230. The summed E-state index contributed by atoms with van der Waals surface area (Å²) < 4.78 is 6.89. The summed E-state index contributed by atoms with van der Waals surface area (Å²) in [5, 5.41) is 9.85. The van der Waals surface area contributed by atoms with Crippen LogP contribution in [0.15, 0.2) is 28.2 Å². The predicted octanol–water partition coefficient (Wildman–Crippen LogP) is 2.32. The highest BCUT2D eigenvalue weighted by Gasteiger charge is 2.16. The molecule has 0 saturated carbocycles. The van der Waals surface area contributed by atoms with Gasteiger partial charge in [0.05, 0.1) is 29.3 Å². The van der Waals surface area contributed by atoms with E-state index in [2.05, 4.69) is 24.7 Å². The van der Waals surface area contributed by atoms with Crippen LogP contribution < -0.4 is 5.56 Å². The van der Waals surface area contributed by atoms with Gasteiger partial charge in [-0.25, -0.2) is 9.78 Å². The molecule has 2 aromatic heterocycles. The lowest BCUT2D eigenvalue weighted by molar-refractivity contribution is 0.0601. The minimum atomic E-state index is -0.457. The average Bonchev–Trinajstić information content (AvgIpc) is 2.91. The van der Waals surface area contributed by atoms with Crippen molar-refractivity contribution in [2.75, 3.05) is 7.11 Å². The summed E-state index contributed by atoms with van der Waals surface area (Å²) in [7, 11) is 1.32. The van der Waals surface area contributed by atoms with Gasteiger partial charge in [0.2, 0.25) is 0 Å². The first kappa shape index (κ1) is 17.7. The number of thioether (sulfide) groups is 1. The molecule has 8 nitrogen and oxygen atoms in total. The zero-order chi connectivity index (χ0) is 18.8. The Morgan fingerprint density at radius 3 is 3.04 bits per heavy atom. The monoisotopic (exact) mass is 385 g/mol. The molecule has 0 unspecified atom stereocenters. The first-order valence-electron chi connectivity index (χ1n) is 8.82. The van der Waals surface area contributed by atoms with E-state index < -0.39 is 5.97 Å². The Bertz CT molecular complexity index is 1060. The van der Waals surface area contributed by atoms with Gasteiger partial charge in [-0.05, 0) is 31.0 Å². The number of aryl methyl sites for hydroxylation is 1. The quantitative estimate of drug-likeness (QED) is 0.543. The van der Waals surface area contributed by atoms with Gasteiger partial charge in [0.1, 0.15) is 11.6 Å². The Hall–Kier alpha value is -2.68. The number of carbonyl (C=O) groups is 1. The molecular formula is C18H19N5O3S. The largest absolute Gasteiger partial charge is 0.465 e. The van der Waals surface area contributed by atoms with Crippen molar-refractivity contribution in [3.05, 3.63) is 45.8 Å². The summed E-state index contributed by atoms with van der Waals surface area (Å²) in [4.78, 5) is 31.4. The molecule has 0 bridgehead atoms. The van der Waals surface area contributed by atoms with E-state index in [1.807, 2.05) is 0 Å². The normalized spacial score (nSPS) is 14.0. The maximum absolute atomic E-state index is 12.3. The molecule has 3 heterocycles. The van der Waals surface area contributed by atoms with Crippen LogP contribution in [0.5, 0.6) is 0 Å². The third kappa shape index (κ3) is 3.59. The second-order valence-electron chi connectivity index (χ2n) is 6.39. The Balaban J connectivity index is 1.60. The maximum atomic E-state index is 12.3. The van der Waals surface area contributed by atoms with E-state index in [4.69, 9.17) is 4.74 Å². The van der Waals surface area contributed by atoms with E-state index in [0.717, 1.165) is 36.8 Å². The molecule has 1 aromatic carbocycles. The summed E-state index contributed by atoms with van der Waals surface area (Å²) in [6, 6.07) is 4.72. The average molecular weight is 385 g/mol. The molecule has 4 rings (SSSR count). The molecule has 1 aliphatic rings. The van der Waals surface area contributed by atoms with E-state index in [9.17, 15) is 9.59 Å². The molecule has 1 N–H and O–H groups in total. The van der Waals surface area contributed by atoms with Gasteiger partial charge in [0, 0.05) is 13.0 Å². The van der Waals surface area contributed by atoms with Gasteiger partial charge in [-0.3, -0.25) is 4.79 Å². The fourth-order valence-corrected chi connectivity index (χ4v) is 4.05. The Labute approximate surface area is 159 Å². The number of carbonyl (C=O) groups excluding carboxylic acids is 1. The summed E-state index contributed by atoms with van der Waals surface area (Å²) in [5.41, 5.74) is 0.605. The Kier molecular flexibility index (Phi) is 4.93. The summed E-state index contributed by atoms with van der Waals surface area (Å²) in [6.45, 7) is 0.925. The molecule has 3 aromatic rings. The molecule has 0 aliphatic carbocycles. The Morgan fingerprint density at radius 2 is 2.19 bits per heavy atom. The van der Waals surface area contributed by atoms with Gasteiger partial charge in [-0.15, -0.1) is 10.2 Å². The molecule has 0 radical (unpaired) electrons. The second-order valence-corrected chi connectivity index (χ2v) is 7.33. The number of fused-ring (bicyclic) bond motifs is 2. The van der Waals surface area contributed by atoms with Crippen molar-refractivity contribution >= 4 is 28.6 Å². The number of hydrogen-bond acceptors (Lipinski definition) is 7. The first-order chi connectivity index (χ1) is 13.2. The van der Waals surface area contributed by atoms with E-state index in [-0.39, 0.29) is 5.56 Å². The van der Waals surface area contributed by atoms with Crippen molar-refractivity contribution < 1.29 is 9.53 Å². The number of nitrogens with zero attached hydrogens (tertiary/aromatic N) is 4. The van der Waals surface area contributed by atoms with E-state index >= 15 is 0 Å². The van der Waals surface area contributed by atoms with Crippen LogP contribution in [0, 0.1) is 0 Å². The number of hydrogen-bond donors (Lipinski definition) is 1. The van der Waals surface area contributed by atoms with Crippen LogP contribution in [0.4, 0.5) is 0 Å². The smallest absolute Gasteiger partial charge is 0.337 e. The SMILES string of the molecule is COC(=O)c1ccc2c(=O)[nH]c(CSc3nnc4n3CCCCC4)nc2c1. The van der Waals surface area contributed by atoms with Crippen LogP contribution in [-0.2, 0) is 23.5 Å². The number of ether oxygens (including phenoxy) is 1. The number of aromatic nitrogens is 5. The van der Waals surface area contributed by atoms with Gasteiger partial charge in [0.25, 0.3) is 5.56 Å². The van der Waals surface area contributed by atoms with Crippen molar-refractivity contribution in [1.82, 2.24) is 24.7 Å². The van der Waals surface area contributed by atoms with Crippen molar-refractivity contribution in [1.29, 1.82) is 0 Å². The highest BCUT2D eigenvalue weighted by atomic mass is 32.2. The number of nitrogens with one attached hydrogen (secondary N) is 1. The number of esters is 1. The Morgan fingerprint density at radius 1 is 1.30 bits per heavy atom. The second kappa shape index (κ2) is 7.51. The van der Waals surface area contributed by atoms with E-state index in [1.54, 1.807) is 18.2 Å². The van der Waals surface area contributed by atoms with Gasteiger partial charge < -0.3 is 14.3 Å². The van der Waals surface area contributed by atoms with Crippen molar-refractivity contribution in [3.63, 3.8) is 0 Å². The third-order valence-electron chi connectivity index (χ3n) is 4.59. The van der Waals surface area contributed by atoms with Crippen molar-refractivity contribution in [2.24, 2.45) is 0 Å². The number of benzene rings is 1. The molecule has 1 aliphatic heterocycles. The molecule has 0 atom stereocenters. The van der Waals surface area contributed by atoms with Gasteiger partial charge in [-0.1, -0.05) is 18.2 Å². The topological polar surface area (TPSA) is 103 Å². The lowest BCUT2D eigenvalue weighted by Gasteiger charge is -2.07. The fourth-order valence-electron chi connectivity index (χ4n) is 3.20. The van der Waals surface area contributed by atoms with Crippen molar-refractivity contribution in [3.8, 4) is 0 Å². The van der Waals surface area contributed by atoms with Crippen LogP contribution in [-0.4, -0.2) is 37.8 Å². The van der Waals surface area contributed by atoms with Crippen LogP contribution in [0.1, 0.15) is 41.3 Å². The third-order valence-corrected chi connectivity index (χ3v) is 5.57. The van der Waals surface area contributed by atoms with E-state index in [1.165, 1.54) is 25.3 Å². The van der Waals surface area contributed by atoms with Crippen LogP contribution in [0.2, 0.25) is 0 Å². The minimum Gasteiger partial charge on any atom is -0.465 e. The molecule has 0 fully saturated rings. The lowest BCUT2D eigenvalue weighted by atomic mass is 10.1. The van der Waals surface area contributed by atoms with Crippen LogP contribution >= 0.6 is 11.8 Å². The summed E-state index contributed by atoms with van der Waals surface area (Å²) >= 11 is 1.50. The van der Waals surface area contributed by atoms with E-state index in [0.29, 0.717) is 28.0 Å². The zero-order valence-corrected chi connectivity index (χ0v) is 15.7. The molecule has 9 heteroatoms. The molecule has 0 amide bonds. The highest BCUT2D eigenvalue weighted by Crippen LogP contribution is 2.24. The fraction of sp³-hybridized carbons (Fsp3) is 0.389. The number of H-pyrrole nitrogens is 1. The van der Waals surface area contributed by atoms with Crippen LogP contribution in [0.25, 0.3) is 10.9 Å². The zero-order valence-electron chi connectivity index (χ0n) is 14.9. The first-order valence-corrected chi connectivity index (χ1v) is 9.80. The molecule has 140 valence electrons. The molecular weight excluding hydrogens is 366 g/mol. The lowest BCUT2D eigenvalue weighted by Crippen LogP contribution is -2.12. The summed E-state index contributed by atoms with van der Waals surface area (Å²) in [5.74, 6) is 1.57. The number of rotatable bonds is 4. The molecule has 0 saturated heterocycles. The van der Waals surface area contributed by atoms with Gasteiger partial charge >= 0.3 is 5.97 Å². The number of aromatic amines is 1.